The van der Waals surface area contributed by atoms with Gasteiger partial charge in [0.25, 0.3) is 0 Å². The van der Waals surface area contributed by atoms with Gasteiger partial charge in [-0.1, -0.05) is 0 Å². The van der Waals surface area contributed by atoms with Crippen molar-refractivity contribution in [2.24, 2.45) is 0 Å². The Morgan fingerprint density at radius 1 is 0.583 bits per heavy atom. The van der Waals surface area contributed by atoms with E-state index >= 15 is 0 Å². The van der Waals surface area contributed by atoms with Crippen LogP contribution in [0.4, 0.5) is 22.0 Å². The molecule has 1 aromatic rings. The number of halogens is 5. The van der Waals surface area contributed by atoms with Crippen molar-refractivity contribution in [3.8, 4) is 0 Å². The van der Waals surface area contributed by atoms with E-state index < -0.39 is 33.5 Å². The molecule has 0 atom stereocenters. The molecule has 0 aromatic heterocycles. The minimum absolute atomic E-state index is 1.12. The fourth-order valence-electron chi connectivity index (χ4n) is 0.573. The Bertz CT molecular complexity index is 230. The summed E-state index contributed by atoms with van der Waals surface area (Å²) in [5.74, 6) is -9.91. The molecule has 0 fully saturated rings. The summed E-state index contributed by atoms with van der Waals surface area (Å²) in [4.78, 5) is 0. The summed E-state index contributed by atoms with van der Waals surface area (Å²) in [5, 5.41) is 0. The minimum atomic E-state index is -2.17. The fraction of sp³-hybridized carbons (Fsp3) is 0. The van der Waals surface area contributed by atoms with Gasteiger partial charge in [-0.15, -0.1) is 0 Å². The van der Waals surface area contributed by atoms with Crippen molar-refractivity contribution < 1.29 is 38.0 Å². The van der Waals surface area contributed by atoms with Crippen LogP contribution in [0, 0.1) is 29.1 Å². The van der Waals surface area contributed by atoms with Crippen LogP contribution in [-0.2, 0) is 16.0 Å². The van der Waals surface area contributed by atoms with Crippen LogP contribution in [0.15, 0.2) is 0 Å². The molecule has 12 heavy (non-hydrogen) atoms. The van der Waals surface area contributed by atoms with E-state index in [-0.39, 0.29) is 0 Å². The molecule has 0 radical (unpaired) electrons. The predicted molar refractivity (Wildman–Crippen MR) is 25.9 cm³/mol. The maximum atomic E-state index is 12.3. The molecule has 0 amide bonds. The Hall–Kier alpha value is -0.611. The van der Waals surface area contributed by atoms with E-state index in [1.54, 1.807) is 0 Å². The van der Waals surface area contributed by atoms with Gasteiger partial charge >= 0.3 is 71.5 Å². The zero-order valence-electron chi connectivity index (χ0n) is 5.24. The van der Waals surface area contributed by atoms with Gasteiger partial charge in [0.2, 0.25) is 0 Å². The Morgan fingerprint density at radius 2 is 0.833 bits per heavy atom. The zero-order chi connectivity index (χ0) is 9.46. The molecule has 1 aromatic carbocycles. The van der Waals surface area contributed by atoms with Crippen LogP contribution in [0.3, 0.4) is 0 Å². The second-order valence-electron chi connectivity index (χ2n) is 1.87. The van der Waals surface area contributed by atoms with Crippen molar-refractivity contribution in [2.45, 2.75) is 0 Å². The Morgan fingerprint density at radius 3 is 1.17 bits per heavy atom. The van der Waals surface area contributed by atoms with Crippen LogP contribution < -0.4 is 4.46 Å². The summed E-state index contributed by atoms with van der Waals surface area (Å²) in [6, 6.07) is 0. The van der Waals surface area contributed by atoms with Crippen LogP contribution in [0.25, 0.3) is 0 Å². The van der Waals surface area contributed by atoms with Gasteiger partial charge in [0.05, 0.1) is 0 Å². The predicted octanol–water partition coefficient (Wildman–Crippen LogP) is 1.55. The Labute approximate surface area is 72.2 Å². The first-order chi connectivity index (χ1) is 5.46. The molecule has 0 saturated carbocycles. The van der Waals surface area contributed by atoms with Crippen LogP contribution in [0.5, 0.6) is 0 Å². The quantitative estimate of drug-likeness (QED) is 0.271. The molecule has 0 unspecified atom stereocenters. The summed E-state index contributed by atoms with van der Waals surface area (Å²) in [6.07, 6.45) is 0. The SMILES string of the molecule is Fc1c(F)c(F)[c]([Fe])c(F)c1F. The van der Waals surface area contributed by atoms with E-state index in [9.17, 15) is 22.0 Å². The summed E-state index contributed by atoms with van der Waals surface area (Å²) < 4.78 is 60.2. The summed E-state index contributed by atoms with van der Waals surface area (Å²) in [6.45, 7) is 0. The second-order valence-corrected chi connectivity index (χ2v) is 2.42. The van der Waals surface area contributed by atoms with Gasteiger partial charge in [-0.05, 0) is 0 Å². The average Bonchev–Trinajstić information content (AvgIpc) is 2.08. The summed E-state index contributed by atoms with van der Waals surface area (Å²) >= 11 is 2.69. The van der Waals surface area contributed by atoms with Crippen LogP contribution in [0.1, 0.15) is 0 Å². The van der Waals surface area contributed by atoms with E-state index in [0.29, 0.717) is 0 Å². The van der Waals surface area contributed by atoms with E-state index in [1.165, 1.54) is 0 Å². The van der Waals surface area contributed by atoms with Crippen molar-refractivity contribution in [2.75, 3.05) is 0 Å². The van der Waals surface area contributed by atoms with Gasteiger partial charge in [0.1, 0.15) is 0 Å². The normalized spacial score (nSPS) is 10.5. The standard InChI is InChI=1S/C6F5.Fe/c7-2-1-3(8)5(10)6(11)4(2)9;. The van der Waals surface area contributed by atoms with Gasteiger partial charge in [-0.25, -0.2) is 0 Å². The van der Waals surface area contributed by atoms with E-state index in [2.05, 4.69) is 16.0 Å². The second kappa shape index (κ2) is 3.03. The molecule has 0 spiro atoms. The van der Waals surface area contributed by atoms with Crippen LogP contribution >= 0.6 is 0 Å². The van der Waals surface area contributed by atoms with E-state index in [4.69, 9.17) is 0 Å². The third-order valence-corrected chi connectivity index (χ3v) is 1.63. The molecule has 0 aliphatic rings. The topological polar surface area (TPSA) is 0 Å². The van der Waals surface area contributed by atoms with Gasteiger partial charge in [-0.3, -0.25) is 0 Å². The Kier molecular flexibility index (Phi) is 2.39. The monoisotopic (exact) mass is 223 g/mol. The molecule has 67 valence electrons. The van der Waals surface area contributed by atoms with Crippen molar-refractivity contribution in [1.29, 1.82) is 0 Å². The number of benzene rings is 1. The molecule has 0 heterocycles. The van der Waals surface area contributed by atoms with Crippen molar-refractivity contribution in [1.82, 2.24) is 0 Å². The number of hydrogen-bond acceptors (Lipinski definition) is 0. The molecule has 0 aliphatic heterocycles. The van der Waals surface area contributed by atoms with E-state index in [1.807, 2.05) is 0 Å². The number of rotatable bonds is 0. The molecule has 0 bridgehead atoms. The molecule has 0 N–H and O–H groups in total. The molecule has 0 aliphatic carbocycles. The summed E-state index contributed by atoms with van der Waals surface area (Å²) in [5.41, 5.74) is 0. The molecule has 6 heteroatoms. The molecular formula is C6F5Fe. The first kappa shape index (κ1) is 9.48. The van der Waals surface area contributed by atoms with Crippen LogP contribution in [0.2, 0.25) is 0 Å². The maximum absolute atomic E-state index is 12.3. The fourth-order valence-corrected chi connectivity index (χ4v) is 0.815. The van der Waals surface area contributed by atoms with Crippen LogP contribution in [-0.4, -0.2) is 0 Å². The third-order valence-electron chi connectivity index (χ3n) is 1.15. The van der Waals surface area contributed by atoms with Crippen molar-refractivity contribution in [3.63, 3.8) is 0 Å². The third kappa shape index (κ3) is 1.21. The Balaban J connectivity index is 3.60. The van der Waals surface area contributed by atoms with Crippen molar-refractivity contribution in [3.05, 3.63) is 29.1 Å². The first-order valence-electron chi connectivity index (χ1n) is 2.62. The molecule has 1 rings (SSSR count). The van der Waals surface area contributed by atoms with E-state index in [0.717, 1.165) is 0 Å². The molecule has 0 saturated heterocycles. The molecule has 0 nitrogen and oxygen atoms in total. The van der Waals surface area contributed by atoms with Gasteiger partial charge < -0.3 is 0 Å². The zero-order valence-corrected chi connectivity index (χ0v) is 6.35. The van der Waals surface area contributed by atoms with Gasteiger partial charge in [0.15, 0.2) is 0 Å². The number of hydrogen-bond donors (Lipinski definition) is 0. The summed E-state index contributed by atoms with van der Waals surface area (Å²) in [7, 11) is 0. The average molecular weight is 223 g/mol. The van der Waals surface area contributed by atoms with Gasteiger partial charge in [0, 0.05) is 0 Å². The van der Waals surface area contributed by atoms with Crippen molar-refractivity contribution >= 4 is 4.46 Å². The first-order valence-corrected chi connectivity index (χ1v) is 3.17. The molecular weight excluding hydrogens is 223 g/mol. The van der Waals surface area contributed by atoms with Gasteiger partial charge in [-0.2, -0.15) is 0 Å².